The Kier molecular flexibility index (Phi) is 4.10. The molecule has 0 aliphatic rings. The second-order valence-corrected chi connectivity index (χ2v) is 6.80. The highest BCUT2D eigenvalue weighted by molar-refractivity contribution is 7.90. The molecule has 0 saturated heterocycles. The lowest BCUT2D eigenvalue weighted by molar-refractivity contribution is 0.0696. The molecule has 1 heterocycles. The average molecular weight is 312 g/mol. The van der Waals surface area contributed by atoms with E-state index in [0.29, 0.717) is 5.56 Å². The Hall–Kier alpha value is -1.86. The first kappa shape index (κ1) is 14.5. The normalized spacial score (nSPS) is 11.2. The molecule has 0 fully saturated rings. The van der Waals surface area contributed by atoms with Gasteiger partial charge in [-0.25, -0.2) is 13.2 Å². The number of ether oxygens (including phenoxy) is 1. The molecule has 0 spiro atoms. The zero-order valence-electron chi connectivity index (χ0n) is 10.6. The van der Waals surface area contributed by atoms with E-state index in [2.05, 4.69) is 0 Å². The van der Waals surface area contributed by atoms with Crippen molar-refractivity contribution in [3.05, 3.63) is 46.2 Å². The summed E-state index contributed by atoms with van der Waals surface area (Å²) in [6.07, 6.45) is 0. The van der Waals surface area contributed by atoms with Gasteiger partial charge in [0.25, 0.3) is 0 Å². The first-order valence-corrected chi connectivity index (χ1v) is 8.18. The number of hydrogen-bond acceptors (Lipinski definition) is 5. The number of carbonyl (C=O) groups is 1. The summed E-state index contributed by atoms with van der Waals surface area (Å²) in [6.45, 7) is 0. The second-order valence-electron chi connectivity index (χ2n) is 4.06. The van der Waals surface area contributed by atoms with Gasteiger partial charge >= 0.3 is 5.97 Å². The van der Waals surface area contributed by atoms with Gasteiger partial charge < -0.3 is 9.84 Å². The van der Waals surface area contributed by atoms with Crippen LogP contribution in [-0.4, -0.2) is 26.6 Å². The molecule has 7 heteroatoms. The summed E-state index contributed by atoms with van der Waals surface area (Å²) in [5.74, 6) is -1.22. The van der Waals surface area contributed by atoms with Crippen molar-refractivity contribution in [1.29, 1.82) is 0 Å². The first-order valence-electron chi connectivity index (χ1n) is 5.59. The number of carboxylic acids is 1. The Morgan fingerprint density at radius 3 is 2.65 bits per heavy atom. The molecule has 2 rings (SSSR count). The van der Waals surface area contributed by atoms with Gasteiger partial charge in [0.05, 0.1) is 18.4 Å². The Morgan fingerprint density at radius 1 is 1.35 bits per heavy atom. The van der Waals surface area contributed by atoms with Gasteiger partial charge in [-0.2, -0.15) is 11.3 Å². The standard InChI is InChI=1S/C13H12O5S2/c1-18-11-3-2-10(13(14)15)6-12(11)20(16,17)8-9-4-5-19-7-9/h2-7H,8H2,1H3,(H,14,15). The van der Waals surface area contributed by atoms with Crippen LogP contribution in [0, 0.1) is 0 Å². The van der Waals surface area contributed by atoms with E-state index >= 15 is 0 Å². The van der Waals surface area contributed by atoms with E-state index < -0.39 is 15.8 Å². The Bertz CT molecular complexity index is 717. The van der Waals surface area contributed by atoms with Crippen molar-refractivity contribution in [2.45, 2.75) is 10.6 Å². The fourth-order valence-corrected chi connectivity index (χ4v) is 4.04. The molecule has 1 aromatic heterocycles. The minimum absolute atomic E-state index is 0.0882. The smallest absolute Gasteiger partial charge is 0.335 e. The maximum Gasteiger partial charge on any atom is 0.335 e. The fourth-order valence-electron chi connectivity index (χ4n) is 1.72. The third-order valence-corrected chi connectivity index (χ3v) is 5.12. The Balaban J connectivity index is 2.48. The Labute approximate surface area is 120 Å². The fraction of sp³-hybridized carbons (Fsp3) is 0.154. The van der Waals surface area contributed by atoms with Crippen molar-refractivity contribution in [3.63, 3.8) is 0 Å². The SMILES string of the molecule is COc1ccc(C(=O)O)cc1S(=O)(=O)Cc1ccsc1. The molecule has 106 valence electrons. The number of aromatic carboxylic acids is 1. The molecule has 0 radical (unpaired) electrons. The van der Waals surface area contributed by atoms with Crippen molar-refractivity contribution in [3.8, 4) is 5.75 Å². The van der Waals surface area contributed by atoms with Crippen molar-refractivity contribution < 1.29 is 23.1 Å². The predicted molar refractivity (Wildman–Crippen MR) is 75.2 cm³/mol. The zero-order chi connectivity index (χ0) is 14.8. The zero-order valence-corrected chi connectivity index (χ0v) is 12.2. The molecule has 1 aromatic carbocycles. The molecule has 0 atom stereocenters. The minimum Gasteiger partial charge on any atom is -0.495 e. The van der Waals surface area contributed by atoms with E-state index in [1.165, 1.54) is 30.6 Å². The highest BCUT2D eigenvalue weighted by atomic mass is 32.2. The van der Waals surface area contributed by atoms with E-state index in [-0.39, 0.29) is 22.0 Å². The number of carboxylic acid groups (broad SMARTS) is 1. The van der Waals surface area contributed by atoms with Crippen LogP contribution in [-0.2, 0) is 15.6 Å². The molecule has 0 aliphatic carbocycles. The molecule has 20 heavy (non-hydrogen) atoms. The molecule has 0 bridgehead atoms. The summed E-state index contributed by atoms with van der Waals surface area (Å²) in [6, 6.07) is 5.51. The number of sulfone groups is 1. The average Bonchev–Trinajstić information content (AvgIpc) is 2.90. The van der Waals surface area contributed by atoms with Crippen LogP contribution in [0.15, 0.2) is 39.9 Å². The van der Waals surface area contributed by atoms with E-state index in [1.54, 1.807) is 16.8 Å². The molecule has 0 unspecified atom stereocenters. The molecule has 0 amide bonds. The molecule has 1 N–H and O–H groups in total. The molecular formula is C13H12O5S2. The third kappa shape index (κ3) is 3.00. The lowest BCUT2D eigenvalue weighted by Gasteiger charge is -2.10. The number of thiophene rings is 1. The summed E-state index contributed by atoms with van der Waals surface area (Å²) >= 11 is 1.40. The van der Waals surface area contributed by atoms with Crippen LogP contribution in [0.3, 0.4) is 0 Å². The number of benzene rings is 1. The van der Waals surface area contributed by atoms with Crippen LogP contribution in [0.25, 0.3) is 0 Å². The monoisotopic (exact) mass is 312 g/mol. The lowest BCUT2D eigenvalue weighted by Crippen LogP contribution is -2.08. The van der Waals surface area contributed by atoms with Crippen LogP contribution in [0.4, 0.5) is 0 Å². The van der Waals surface area contributed by atoms with E-state index in [4.69, 9.17) is 9.84 Å². The molecule has 2 aromatic rings. The van der Waals surface area contributed by atoms with Crippen molar-refractivity contribution in [1.82, 2.24) is 0 Å². The molecule has 5 nitrogen and oxygen atoms in total. The largest absolute Gasteiger partial charge is 0.495 e. The van der Waals surface area contributed by atoms with E-state index in [1.807, 2.05) is 0 Å². The van der Waals surface area contributed by atoms with Crippen molar-refractivity contribution in [2.75, 3.05) is 7.11 Å². The van der Waals surface area contributed by atoms with Gasteiger partial charge in [-0.1, -0.05) is 0 Å². The summed E-state index contributed by atoms with van der Waals surface area (Å²) < 4.78 is 29.8. The molecule has 0 aliphatic heterocycles. The third-order valence-electron chi connectivity index (χ3n) is 2.68. The van der Waals surface area contributed by atoms with Crippen LogP contribution >= 0.6 is 11.3 Å². The quantitative estimate of drug-likeness (QED) is 0.917. The minimum atomic E-state index is -3.66. The predicted octanol–water partition coefficient (Wildman–Crippen LogP) is 2.43. The van der Waals surface area contributed by atoms with Crippen molar-refractivity contribution >= 4 is 27.1 Å². The van der Waals surface area contributed by atoms with Gasteiger partial charge in [-0.3, -0.25) is 0 Å². The number of rotatable bonds is 5. The summed E-state index contributed by atoms with van der Waals surface area (Å²) in [5, 5.41) is 12.5. The molecule has 0 saturated carbocycles. The van der Waals surface area contributed by atoms with Crippen LogP contribution in [0.1, 0.15) is 15.9 Å². The van der Waals surface area contributed by atoms with Gasteiger partial charge in [0, 0.05) is 0 Å². The van der Waals surface area contributed by atoms with E-state index in [9.17, 15) is 13.2 Å². The topological polar surface area (TPSA) is 80.7 Å². The van der Waals surface area contributed by atoms with Crippen molar-refractivity contribution in [2.24, 2.45) is 0 Å². The number of hydrogen-bond donors (Lipinski definition) is 1. The van der Waals surface area contributed by atoms with Gasteiger partial charge in [0.1, 0.15) is 10.6 Å². The van der Waals surface area contributed by atoms with Gasteiger partial charge in [-0.15, -0.1) is 0 Å². The first-order chi connectivity index (χ1) is 9.44. The van der Waals surface area contributed by atoms with Gasteiger partial charge in [0.15, 0.2) is 9.84 Å². The van der Waals surface area contributed by atoms with Gasteiger partial charge in [-0.05, 0) is 40.6 Å². The summed E-state index contributed by atoms with van der Waals surface area (Å²) in [4.78, 5) is 10.9. The Morgan fingerprint density at radius 2 is 2.10 bits per heavy atom. The van der Waals surface area contributed by atoms with E-state index in [0.717, 1.165) is 6.07 Å². The molecular weight excluding hydrogens is 300 g/mol. The maximum atomic E-state index is 12.4. The lowest BCUT2D eigenvalue weighted by atomic mass is 10.2. The summed E-state index contributed by atoms with van der Waals surface area (Å²) in [5.41, 5.74) is 0.576. The highest BCUT2D eigenvalue weighted by Crippen LogP contribution is 2.28. The van der Waals surface area contributed by atoms with Crippen LogP contribution in [0.5, 0.6) is 5.75 Å². The highest BCUT2D eigenvalue weighted by Gasteiger charge is 2.22. The van der Waals surface area contributed by atoms with Gasteiger partial charge in [0.2, 0.25) is 0 Å². The second kappa shape index (κ2) is 5.64. The maximum absolute atomic E-state index is 12.4. The summed E-state index contributed by atoms with van der Waals surface area (Å²) in [7, 11) is -2.32. The van der Waals surface area contributed by atoms with Crippen LogP contribution < -0.4 is 4.74 Å². The number of methoxy groups -OCH3 is 1. The van der Waals surface area contributed by atoms with Crippen LogP contribution in [0.2, 0.25) is 0 Å².